The number of nitrogens with one attached hydrogen (secondary N) is 1. The molecule has 0 aromatic carbocycles. The lowest BCUT2D eigenvalue weighted by Gasteiger charge is -2.35. The summed E-state index contributed by atoms with van der Waals surface area (Å²) in [5, 5.41) is 3.16. The van der Waals surface area contributed by atoms with Crippen LogP contribution in [0.5, 0.6) is 0 Å². The van der Waals surface area contributed by atoms with Crippen molar-refractivity contribution in [2.75, 3.05) is 39.5 Å². The molecule has 1 saturated heterocycles. The predicted octanol–water partition coefficient (Wildman–Crippen LogP) is 1.65. The molecule has 2 heterocycles. The molecule has 1 fully saturated rings. The van der Waals surface area contributed by atoms with Crippen LogP contribution in [0.2, 0.25) is 0 Å². The van der Waals surface area contributed by atoms with Crippen LogP contribution in [0, 0.1) is 0 Å². The van der Waals surface area contributed by atoms with Crippen molar-refractivity contribution in [2.45, 2.75) is 25.4 Å². The van der Waals surface area contributed by atoms with Crippen LogP contribution in [0.15, 0.2) is 18.3 Å². The third kappa shape index (κ3) is 3.21. The lowest BCUT2D eigenvalue weighted by atomic mass is 10.0. The topological polar surface area (TPSA) is 31.4 Å². The van der Waals surface area contributed by atoms with E-state index >= 15 is 0 Å². The fourth-order valence-corrected chi connectivity index (χ4v) is 2.62. The molecule has 1 aromatic rings. The van der Waals surface area contributed by atoms with Crippen molar-refractivity contribution in [3.05, 3.63) is 23.9 Å². The van der Waals surface area contributed by atoms with Crippen LogP contribution in [0.1, 0.15) is 18.4 Å². The normalized spacial score (nSPS) is 18.2. The minimum atomic E-state index is 0.700. The van der Waals surface area contributed by atoms with Gasteiger partial charge < -0.3 is 10.2 Å². The van der Waals surface area contributed by atoms with Gasteiger partial charge in [-0.3, -0.25) is 4.90 Å². The molecule has 4 nitrogen and oxygen atoms in total. The Bertz CT molecular complexity index is 372. The molecule has 0 bridgehead atoms. The molecule has 0 amide bonds. The van der Waals surface area contributed by atoms with E-state index in [2.05, 4.69) is 40.3 Å². The second-order valence-corrected chi connectivity index (χ2v) is 5.21. The van der Waals surface area contributed by atoms with Gasteiger partial charge in [0.2, 0.25) is 0 Å². The zero-order valence-electron chi connectivity index (χ0n) is 11.7. The van der Waals surface area contributed by atoms with Crippen molar-refractivity contribution in [3.8, 4) is 0 Å². The van der Waals surface area contributed by atoms with Crippen LogP contribution in [-0.4, -0.2) is 55.1 Å². The Morgan fingerprint density at radius 1 is 1.44 bits per heavy atom. The molecule has 0 spiro atoms. The molecule has 18 heavy (non-hydrogen) atoms. The molecule has 1 N–H and O–H groups in total. The molecule has 1 aliphatic rings. The number of piperidine rings is 1. The fraction of sp³-hybridized carbons (Fsp3) is 0.643. The van der Waals surface area contributed by atoms with Crippen molar-refractivity contribution in [3.63, 3.8) is 0 Å². The van der Waals surface area contributed by atoms with E-state index in [1.807, 2.05) is 19.3 Å². The van der Waals surface area contributed by atoms with E-state index in [0.29, 0.717) is 6.04 Å². The maximum absolute atomic E-state index is 4.36. The Morgan fingerprint density at radius 2 is 2.17 bits per heavy atom. The SMILES string of the molecule is CNc1ncccc1CN(C)C1CCN(C)CC1. The highest BCUT2D eigenvalue weighted by Crippen LogP contribution is 2.19. The number of hydrogen-bond acceptors (Lipinski definition) is 4. The number of likely N-dealkylation sites (tertiary alicyclic amines) is 1. The van der Waals surface area contributed by atoms with Crippen LogP contribution in [0.4, 0.5) is 5.82 Å². The summed E-state index contributed by atoms with van der Waals surface area (Å²) in [4.78, 5) is 9.23. The summed E-state index contributed by atoms with van der Waals surface area (Å²) in [6, 6.07) is 4.87. The van der Waals surface area contributed by atoms with Gasteiger partial charge in [-0.25, -0.2) is 4.98 Å². The molecule has 0 unspecified atom stereocenters. The molecule has 1 aliphatic heterocycles. The molecule has 0 saturated carbocycles. The van der Waals surface area contributed by atoms with E-state index in [9.17, 15) is 0 Å². The number of aromatic nitrogens is 1. The third-order valence-electron chi connectivity index (χ3n) is 3.86. The molecular weight excluding hydrogens is 224 g/mol. The van der Waals surface area contributed by atoms with Crippen LogP contribution in [0.25, 0.3) is 0 Å². The van der Waals surface area contributed by atoms with Gasteiger partial charge in [0.05, 0.1) is 0 Å². The van der Waals surface area contributed by atoms with Gasteiger partial charge in [0.25, 0.3) is 0 Å². The standard InChI is InChI=1S/C14H24N4/c1-15-14-12(5-4-8-16-14)11-18(3)13-6-9-17(2)10-7-13/h4-5,8,13H,6-7,9-11H2,1-3H3,(H,15,16). The van der Waals surface area contributed by atoms with Gasteiger partial charge in [-0.05, 0) is 46.1 Å². The average Bonchev–Trinajstić information content (AvgIpc) is 2.40. The fourth-order valence-electron chi connectivity index (χ4n) is 2.62. The minimum absolute atomic E-state index is 0.700. The molecule has 2 rings (SSSR count). The zero-order chi connectivity index (χ0) is 13.0. The van der Waals surface area contributed by atoms with Crippen molar-refractivity contribution >= 4 is 5.82 Å². The Hall–Kier alpha value is -1.13. The van der Waals surface area contributed by atoms with Crippen LogP contribution in [0.3, 0.4) is 0 Å². The summed E-state index contributed by atoms with van der Waals surface area (Å²) in [7, 11) is 6.36. The van der Waals surface area contributed by atoms with Gasteiger partial charge in [0, 0.05) is 31.4 Å². The second kappa shape index (κ2) is 6.16. The van der Waals surface area contributed by atoms with E-state index in [1.54, 1.807) is 0 Å². The summed E-state index contributed by atoms with van der Waals surface area (Å²) in [6.07, 6.45) is 4.37. The maximum atomic E-state index is 4.36. The number of rotatable bonds is 4. The smallest absolute Gasteiger partial charge is 0.130 e. The molecule has 1 aromatic heterocycles. The molecule has 100 valence electrons. The zero-order valence-corrected chi connectivity index (χ0v) is 11.7. The first kappa shape index (κ1) is 13.3. The van der Waals surface area contributed by atoms with Gasteiger partial charge in [0.15, 0.2) is 0 Å². The van der Waals surface area contributed by atoms with Crippen molar-refractivity contribution < 1.29 is 0 Å². The van der Waals surface area contributed by atoms with Crippen molar-refractivity contribution in [1.82, 2.24) is 14.8 Å². The number of pyridine rings is 1. The first-order valence-electron chi connectivity index (χ1n) is 6.71. The van der Waals surface area contributed by atoms with Crippen molar-refractivity contribution in [2.24, 2.45) is 0 Å². The highest BCUT2D eigenvalue weighted by Gasteiger charge is 2.21. The Balaban J connectivity index is 1.96. The minimum Gasteiger partial charge on any atom is -0.373 e. The largest absolute Gasteiger partial charge is 0.373 e. The summed E-state index contributed by atoms with van der Waals surface area (Å²) >= 11 is 0. The average molecular weight is 248 g/mol. The summed E-state index contributed by atoms with van der Waals surface area (Å²) in [6.45, 7) is 3.39. The number of nitrogens with zero attached hydrogens (tertiary/aromatic N) is 3. The predicted molar refractivity (Wildman–Crippen MR) is 75.8 cm³/mol. The van der Waals surface area contributed by atoms with Crippen LogP contribution in [-0.2, 0) is 6.54 Å². The first-order valence-corrected chi connectivity index (χ1v) is 6.71. The molecule has 0 atom stereocenters. The number of anilines is 1. The van der Waals surface area contributed by atoms with Gasteiger partial charge in [-0.1, -0.05) is 6.07 Å². The summed E-state index contributed by atoms with van der Waals surface area (Å²) < 4.78 is 0. The molecule has 0 aliphatic carbocycles. The molecule has 4 heteroatoms. The summed E-state index contributed by atoms with van der Waals surface area (Å²) in [5.74, 6) is 0.997. The third-order valence-corrected chi connectivity index (χ3v) is 3.86. The lowest BCUT2D eigenvalue weighted by molar-refractivity contribution is 0.139. The highest BCUT2D eigenvalue weighted by atomic mass is 15.2. The highest BCUT2D eigenvalue weighted by molar-refractivity contribution is 5.42. The summed E-state index contributed by atoms with van der Waals surface area (Å²) in [5.41, 5.74) is 1.28. The molecular formula is C14H24N4. The van der Waals surface area contributed by atoms with E-state index in [-0.39, 0.29) is 0 Å². The van der Waals surface area contributed by atoms with E-state index < -0.39 is 0 Å². The second-order valence-electron chi connectivity index (χ2n) is 5.21. The Kier molecular flexibility index (Phi) is 4.55. The Labute approximate surface area is 110 Å². The quantitative estimate of drug-likeness (QED) is 0.878. The maximum Gasteiger partial charge on any atom is 0.130 e. The molecule has 0 radical (unpaired) electrons. The monoisotopic (exact) mass is 248 g/mol. The van der Waals surface area contributed by atoms with Gasteiger partial charge in [-0.2, -0.15) is 0 Å². The van der Waals surface area contributed by atoms with Crippen molar-refractivity contribution in [1.29, 1.82) is 0 Å². The van der Waals surface area contributed by atoms with Gasteiger partial charge in [-0.15, -0.1) is 0 Å². The van der Waals surface area contributed by atoms with Gasteiger partial charge in [0.1, 0.15) is 5.82 Å². The van der Waals surface area contributed by atoms with Crippen LogP contribution < -0.4 is 5.32 Å². The first-order chi connectivity index (χ1) is 8.70. The van der Waals surface area contributed by atoms with E-state index in [1.165, 1.54) is 31.5 Å². The van der Waals surface area contributed by atoms with E-state index in [0.717, 1.165) is 12.4 Å². The lowest BCUT2D eigenvalue weighted by Crippen LogP contribution is -2.41. The van der Waals surface area contributed by atoms with Gasteiger partial charge >= 0.3 is 0 Å². The number of hydrogen-bond donors (Lipinski definition) is 1. The van der Waals surface area contributed by atoms with Crippen LogP contribution >= 0.6 is 0 Å². The van der Waals surface area contributed by atoms with E-state index in [4.69, 9.17) is 0 Å². The Morgan fingerprint density at radius 3 is 2.83 bits per heavy atom.